The highest BCUT2D eigenvalue weighted by Gasteiger charge is 2.41. The van der Waals surface area contributed by atoms with Crippen LogP contribution in [0.2, 0.25) is 0 Å². The predicted octanol–water partition coefficient (Wildman–Crippen LogP) is 0.385. The molecule has 0 radical (unpaired) electrons. The van der Waals surface area contributed by atoms with Crippen molar-refractivity contribution in [1.82, 2.24) is 10.2 Å². The van der Waals surface area contributed by atoms with E-state index in [0.717, 1.165) is 0 Å². The first-order valence-electron chi connectivity index (χ1n) is 3.95. The molecule has 1 aliphatic heterocycles. The number of amides is 4. The summed E-state index contributed by atoms with van der Waals surface area (Å²) in [7, 11) is 0. The molecule has 0 saturated carbocycles. The molecule has 4 amide bonds. The molecule has 6 nitrogen and oxygen atoms in total. The van der Waals surface area contributed by atoms with Gasteiger partial charge in [-0.2, -0.15) is 4.90 Å². The number of nitrogens with zero attached hydrogens (tertiary/aromatic N) is 1. The standard InChI is InChI=1S/C7H10N2O4/c1-2-3-4-5(10)9(7(12)13)6(11)8-4/h4H,2-3H2,1H3,(H,8,11)(H,12,13). The average molecular weight is 186 g/mol. The van der Waals surface area contributed by atoms with Gasteiger partial charge in [-0.1, -0.05) is 13.3 Å². The minimum absolute atomic E-state index is 0.209. The third kappa shape index (κ3) is 1.61. The van der Waals surface area contributed by atoms with Crippen molar-refractivity contribution in [1.29, 1.82) is 0 Å². The SMILES string of the molecule is CCCC1NC(=O)N(C(=O)O)C1=O. The number of carbonyl (C=O) groups is 3. The average Bonchev–Trinajstić information content (AvgIpc) is 2.28. The summed E-state index contributed by atoms with van der Waals surface area (Å²) < 4.78 is 0. The number of hydrogen-bond donors (Lipinski definition) is 2. The lowest BCUT2D eigenvalue weighted by atomic mass is 10.2. The van der Waals surface area contributed by atoms with Crippen molar-refractivity contribution in [2.24, 2.45) is 0 Å². The maximum absolute atomic E-state index is 11.2. The summed E-state index contributed by atoms with van der Waals surface area (Å²) in [6, 6.07) is -1.52. The molecule has 6 heteroatoms. The van der Waals surface area contributed by atoms with Crippen molar-refractivity contribution >= 4 is 18.0 Å². The third-order valence-electron chi connectivity index (χ3n) is 1.79. The lowest BCUT2D eigenvalue weighted by Gasteiger charge is -2.05. The molecular weight excluding hydrogens is 176 g/mol. The Kier molecular flexibility index (Phi) is 2.50. The van der Waals surface area contributed by atoms with Crippen LogP contribution in [-0.2, 0) is 4.79 Å². The Bertz CT molecular complexity index is 263. The Morgan fingerprint density at radius 3 is 2.62 bits per heavy atom. The van der Waals surface area contributed by atoms with Crippen LogP contribution in [0.4, 0.5) is 9.59 Å². The second kappa shape index (κ2) is 3.42. The molecule has 0 bridgehead atoms. The molecule has 0 spiro atoms. The first-order chi connectivity index (χ1) is 6.07. The van der Waals surface area contributed by atoms with E-state index in [2.05, 4.69) is 5.32 Å². The van der Waals surface area contributed by atoms with E-state index >= 15 is 0 Å². The highest BCUT2D eigenvalue weighted by Crippen LogP contribution is 2.10. The lowest BCUT2D eigenvalue weighted by molar-refractivity contribution is -0.126. The molecule has 1 atom stereocenters. The number of carboxylic acid groups (broad SMARTS) is 1. The number of carbonyl (C=O) groups excluding carboxylic acids is 2. The fourth-order valence-corrected chi connectivity index (χ4v) is 1.20. The second-order valence-corrected chi connectivity index (χ2v) is 2.75. The number of nitrogens with one attached hydrogen (secondary N) is 1. The monoisotopic (exact) mass is 186 g/mol. The van der Waals surface area contributed by atoms with Crippen LogP contribution in [0.15, 0.2) is 0 Å². The fourth-order valence-electron chi connectivity index (χ4n) is 1.20. The van der Waals surface area contributed by atoms with Gasteiger partial charge in [0.1, 0.15) is 6.04 Å². The zero-order valence-electron chi connectivity index (χ0n) is 7.11. The largest absolute Gasteiger partial charge is 0.464 e. The van der Waals surface area contributed by atoms with Gasteiger partial charge in [-0.25, -0.2) is 9.59 Å². The van der Waals surface area contributed by atoms with Gasteiger partial charge in [0.15, 0.2) is 0 Å². The van der Waals surface area contributed by atoms with Gasteiger partial charge in [0, 0.05) is 0 Å². The highest BCUT2D eigenvalue weighted by molar-refractivity contribution is 6.14. The molecule has 1 fully saturated rings. The maximum Gasteiger partial charge on any atom is 0.422 e. The van der Waals surface area contributed by atoms with E-state index in [-0.39, 0.29) is 4.90 Å². The molecule has 72 valence electrons. The van der Waals surface area contributed by atoms with E-state index in [4.69, 9.17) is 5.11 Å². The van der Waals surface area contributed by atoms with Gasteiger partial charge < -0.3 is 10.4 Å². The van der Waals surface area contributed by atoms with Crippen LogP contribution >= 0.6 is 0 Å². The van der Waals surface area contributed by atoms with Crippen LogP contribution in [0.25, 0.3) is 0 Å². The lowest BCUT2D eigenvalue weighted by Crippen LogP contribution is -2.36. The van der Waals surface area contributed by atoms with Crippen LogP contribution < -0.4 is 5.32 Å². The first kappa shape index (κ1) is 9.50. The Morgan fingerprint density at radius 1 is 1.62 bits per heavy atom. The van der Waals surface area contributed by atoms with E-state index in [1.165, 1.54) is 0 Å². The summed E-state index contributed by atoms with van der Waals surface area (Å²) in [5.41, 5.74) is 0. The molecule has 1 saturated heterocycles. The molecule has 0 aromatic rings. The minimum Gasteiger partial charge on any atom is -0.464 e. The van der Waals surface area contributed by atoms with Gasteiger partial charge in [0.2, 0.25) is 0 Å². The van der Waals surface area contributed by atoms with E-state index in [9.17, 15) is 14.4 Å². The Morgan fingerprint density at radius 2 is 2.23 bits per heavy atom. The van der Waals surface area contributed by atoms with E-state index in [1.807, 2.05) is 6.92 Å². The van der Waals surface area contributed by atoms with Crippen LogP contribution in [0, 0.1) is 0 Å². The van der Waals surface area contributed by atoms with Gasteiger partial charge in [0.05, 0.1) is 0 Å². The Balaban J connectivity index is 2.75. The molecule has 1 rings (SSSR count). The number of hydrogen-bond acceptors (Lipinski definition) is 3. The van der Waals surface area contributed by atoms with E-state index in [0.29, 0.717) is 12.8 Å². The van der Waals surface area contributed by atoms with E-state index in [1.54, 1.807) is 0 Å². The summed E-state index contributed by atoms with van der Waals surface area (Å²) in [5.74, 6) is -0.681. The topological polar surface area (TPSA) is 86.7 Å². The summed E-state index contributed by atoms with van der Waals surface area (Å²) in [5, 5.41) is 10.8. The normalized spacial score (nSPS) is 21.9. The smallest absolute Gasteiger partial charge is 0.422 e. The van der Waals surface area contributed by atoms with Crippen molar-refractivity contribution in [3.05, 3.63) is 0 Å². The van der Waals surface area contributed by atoms with Gasteiger partial charge in [-0.05, 0) is 6.42 Å². The summed E-state index contributed by atoms with van der Waals surface area (Å²) in [6.07, 6.45) is -0.348. The second-order valence-electron chi connectivity index (χ2n) is 2.75. The van der Waals surface area contributed by atoms with Crippen molar-refractivity contribution in [2.75, 3.05) is 0 Å². The van der Waals surface area contributed by atoms with Crippen LogP contribution in [-0.4, -0.2) is 34.1 Å². The molecule has 0 aromatic heterocycles. The van der Waals surface area contributed by atoms with Crippen LogP contribution in [0.1, 0.15) is 19.8 Å². The van der Waals surface area contributed by atoms with Crippen molar-refractivity contribution in [3.63, 3.8) is 0 Å². The van der Waals surface area contributed by atoms with Gasteiger partial charge in [0.25, 0.3) is 5.91 Å². The summed E-state index contributed by atoms with van der Waals surface area (Å²) in [4.78, 5) is 32.8. The first-order valence-corrected chi connectivity index (χ1v) is 3.95. The molecular formula is C7H10N2O4. The number of urea groups is 1. The Labute approximate surface area is 74.5 Å². The van der Waals surface area contributed by atoms with Crippen molar-refractivity contribution in [3.8, 4) is 0 Å². The number of rotatable bonds is 2. The molecule has 0 aromatic carbocycles. The zero-order chi connectivity index (χ0) is 10.0. The molecule has 13 heavy (non-hydrogen) atoms. The van der Waals surface area contributed by atoms with Crippen molar-refractivity contribution in [2.45, 2.75) is 25.8 Å². The maximum atomic E-state index is 11.2. The highest BCUT2D eigenvalue weighted by atomic mass is 16.4. The zero-order valence-corrected chi connectivity index (χ0v) is 7.11. The van der Waals surface area contributed by atoms with E-state index < -0.39 is 24.1 Å². The molecule has 2 N–H and O–H groups in total. The molecule has 1 unspecified atom stereocenters. The van der Waals surface area contributed by atoms with Gasteiger partial charge >= 0.3 is 12.1 Å². The van der Waals surface area contributed by atoms with Crippen LogP contribution in [0.5, 0.6) is 0 Å². The van der Waals surface area contributed by atoms with Gasteiger partial charge in [-0.15, -0.1) is 0 Å². The van der Waals surface area contributed by atoms with Crippen LogP contribution in [0.3, 0.4) is 0 Å². The summed E-state index contributed by atoms with van der Waals surface area (Å²) in [6.45, 7) is 1.85. The molecule has 0 aliphatic carbocycles. The predicted molar refractivity (Wildman–Crippen MR) is 42.1 cm³/mol. The Hall–Kier alpha value is -1.59. The van der Waals surface area contributed by atoms with Crippen molar-refractivity contribution < 1.29 is 19.5 Å². The van der Waals surface area contributed by atoms with Gasteiger partial charge in [-0.3, -0.25) is 4.79 Å². The summed E-state index contributed by atoms with van der Waals surface area (Å²) >= 11 is 0. The quantitative estimate of drug-likeness (QED) is 0.610. The third-order valence-corrected chi connectivity index (χ3v) is 1.79. The molecule has 1 aliphatic rings. The fraction of sp³-hybridized carbons (Fsp3) is 0.571. The minimum atomic E-state index is -1.53. The molecule has 1 heterocycles. The number of imide groups is 3.